The van der Waals surface area contributed by atoms with E-state index in [4.69, 9.17) is 5.11 Å². The van der Waals surface area contributed by atoms with Crippen LogP contribution in [0.4, 0.5) is 5.82 Å². The average Bonchev–Trinajstić information content (AvgIpc) is 2.48. The van der Waals surface area contributed by atoms with Crippen LogP contribution in [0.5, 0.6) is 0 Å². The molecule has 1 N–H and O–H groups in total. The van der Waals surface area contributed by atoms with Gasteiger partial charge in [0.2, 0.25) is 10.0 Å². The second-order valence-corrected chi connectivity index (χ2v) is 6.85. The third-order valence-corrected chi connectivity index (χ3v) is 5.26. The number of carbonyl (C=O) groups is 1. The minimum absolute atomic E-state index is 0.121. The molecule has 21 heavy (non-hydrogen) atoms. The van der Waals surface area contributed by atoms with Crippen LogP contribution >= 0.6 is 0 Å². The molecule has 0 bridgehead atoms. The van der Waals surface area contributed by atoms with Crippen molar-refractivity contribution >= 4 is 21.8 Å². The molecule has 0 unspecified atom stereocenters. The third kappa shape index (κ3) is 4.36. The van der Waals surface area contributed by atoms with E-state index in [1.165, 1.54) is 4.31 Å². The van der Waals surface area contributed by atoms with Gasteiger partial charge in [0.25, 0.3) is 0 Å². The number of carboxylic acid groups (broad SMARTS) is 1. The SMILES string of the molecule is O=C(O)CCCS(=O)(=O)N1CCN(c2cnccn2)CC1. The number of hydrogen-bond acceptors (Lipinski definition) is 6. The molecule has 0 aliphatic carbocycles. The van der Waals surface area contributed by atoms with Gasteiger partial charge in [0.1, 0.15) is 5.82 Å². The summed E-state index contributed by atoms with van der Waals surface area (Å²) in [7, 11) is -3.38. The van der Waals surface area contributed by atoms with Crippen molar-refractivity contribution in [3.8, 4) is 0 Å². The fourth-order valence-corrected chi connectivity index (χ4v) is 3.67. The van der Waals surface area contributed by atoms with Crippen molar-refractivity contribution in [2.75, 3.05) is 36.8 Å². The number of sulfonamides is 1. The highest BCUT2D eigenvalue weighted by molar-refractivity contribution is 7.89. The molecule has 0 radical (unpaired) electrons. The molecule has 0 aromatic carbocycles. The van der Waals surface area contributed by atoms with Gasteiger partial charge in [-0.25, -0.2) is 13.4 Å². The van der Waals surface area contributed by atoms with E-state index in [2.05, 4.69) is 9.97 Å². The Hall–Kier alpha value is -1.74. The molecule has 1 aromatic rings. The van der Waals surface area contributed by atoms with Crippen LogP contribution in [0.3, 0.4) is 0 Å². The molecule has 1 saturated heterocycles. The summed E-state index contributed by atoms with van der Waals surface area (Å²) in [5, 5.41) is 8.55. The van der Waals surface area contributed by atoms with E-state index in [-0.39, 0.29) is 18.6 Å². The highest BCUT2D eigenvalue weighted by Gasteiger charge is 2.27. The molecule has 116 valence electrons. The first-order chi connectivity index (χ1) is 9.99. The van der Waals surface area contributed by atoms with Crippen molar-refractivity contribution in [2.45, 2.75) is 12.8 Å². The van der Waals surface area contributed by atoms with Gasteiger partial charge in [0, 0.05) is 45.0 Å². The number of carboxylic acids is 1. The van der Waals surface area contributed by atoms with Gasteiger partial charge in [-0.2, -0.15) is 4.31 Å². The van der Waals surface area contributed by atoms with Crippen molar-refractivity contribution < 1.29 is 18.3 Å². The second kappa shape index (κ2) is 6.81. The lowest BCUT2D eigenvalue weighted by Crippen LogP contribution is -2.49. The van der Waals surface area contributed by atoms with E-state index < -0.39 is 16.0 Å². The predicted octanol–water partition coefficient (Wildman–Crippen LogP) is -0.207. The maximum atomic E-state index is 12.1. The maximum Gasteiger partial charge on any atom is 0.303 e. The number of hydrogen-bond donors (Lipinski definition) is 1. The highest BCUT2D eigenvalue weighted by Crippen LogP contribution is 2.14. The lowest BCUT2D eigenvalue weighted by Gasteiger charge is -2.34. The monoisotopic (exact) mass is 314 g/mol. The molecule has 2 rings (SSSR count). The lowest BCUT2D eigenvalue weighted by atomic mass is 10.3. The number of piperazine rings is 1. The summed E-state index contributed by atoms with van der Waals surface area (Å²) >= 11 is 0. The Morgan fingerprint density at radius 3 is 2.52 bits per heavy atom. The van der Waals surface area contributed by atoms with Crippen molar-refractivity contribution in [1.82, 2.24) is 14.3 Å². The van der Waals surface area contributed by atoms with Crippen LogP contribution in [0.1, 0.15) is 12.8 Å². The molecule has 0 atom stereocenters. The van der Waals surface area contributed by atoms with E-state index >= 15 is 0 Å². The Morgan fingerprint density at radius 2 is 1.95 bits per heavy atom. The number of aliphatic carboxylic acids is 1. The van der Waals surface area contributed by atoms with Crippen LogP contribution in [-0.2, 0) is 14.8 Å². The number of rotatable bonds is 6. The van der Waals surface area contributed by atoms with Gasteiger partial charge in [0.05, 0.1) is 11.9 Å². The minimum atomic E-state index is -3.38. The topological polar surface area (TPSA) is 104 Å². The Balaban J connectivity index is 1.87. The lowest BCUT2D eigenvalue weighted by molar-refractivity contribution is -0.137. The molecule has 9 heteroatoms. The first-order valence-electron chi connectivity index (χ1n) is 6.69. The van der Waals surface area contributed by atoms with Crippen molar-refractivity contribution in [3.05, 3.63) is 18.6 Å². The molecular weight excluding hydrogens is 296 g/mol. The van der Waals surface area contributed by atoms with Gasteiger partial charge in [-0.15, -0.1) is 0 Å². The van der Waals surface area contributed by atoms with E-state index in [1.807, 2.05) is 4.90 Å². The maximum absolute atomic E-state index is 12.1. The van der Waals surface area contributed by atoms with Crippen molar-refractivity contribution in [2.24, 2.45) is 0 Å². The summed E-state index contributed by atoms with van der Waals surface area (Å²) < 4.78 is 25.6. The van der Waals surface area contributed by atoms with Gasteiger partial charge in [0.15, 0.2) is 0 Å². The van der Waals surface area contributed by atoms with E-state index in [9.17, 15) is 13.2 Å². The van der Waals surface area contributed by atoms with Crippen LogP contribution in [0.25, 0.3) is 0 Å². The minimum Gasteiger partial charge on any atom is -0.481 e. The summed E-state index contributed by atoms with van der Waals surface area (Å²) in [6.45, 7) is 1.87. The highest BCUT2D eigenvalue weighted by atomic mass is 32.2. The van der Waals surface area contributed by atoms with E-state index in [1.54, 1.807) is 18.6 Å². The molecule has 2 heterocycles. The Kier molecular flexibility index (Phi) is 5.07. The summed E-state index contributed by atoms with van der Waals surface area (Å²) in [4.78, 5) is 20.6. The van der Waals surface area contributed by atoms with Crippen LogP contribution in [0.2, 0.25) is 0 Å². The predicted molar refractivity (Wildman–Crippen MR) is 76.5 cm³/mol. The molecule has 1 aliphatic rings. The molecule has 0 saturated carbocycles. The van der Waals surface area contributed by atoms with E-state index in [0.717, 1.165) is 5.82 Å². The normalized spacial score (nSPS) is 16.9. The van der Waals surface area contributed by atoms with Gasteiger partial charge in [-0.3, -0.25) is 9.78 Å². The fourth-order valence-electron chi connectivity index (χ4n) is 2.18. The Morgan fingerprint density at radius 1 is 1.24 bits per heavy atom. The van der Waals surface area contributed by atoms with Crippen LogP contribution in [-0.4, -0.2) is 65.7 Å². The van der Waals surface area contributed by atoms with Crippen LogP contribution < -0.4 is 4.90 Å². The fraction of sp³-hybridized carbons (Fsp3) is 0.583. The quantitative estimate of drug-likeness (QED) is 0.775. The zero-order chi connectivity index (χ0) is 15.3. The molecule has 1 aromatic heterocycles. The first kappa shape index (κ1) is 15.6. The van der Waals surface area contributed by atoms with Crippen molar-refractivity contribution in [3.63, 3.8) is 0 Å². The molecule has 1 fully saturated rings. The Bertz CT molecular complexity index is 570. The summed E-state index contributed by atoms with van der Waals surface area (Å²) in [5.41, 5.74) is 0. The first-order valence-corrected chi connectivity index (χ1v) is 8.30. The molecule has 0 spiro atoms. The van der Waals surface area contributed by atoms with Gasteiger partial charge in [-0.05, 0) is 6.42 Å². The summed E-state index contributed by atoms with van der Waals surface area (Å²) in [6.07, 6.45) is 4.86. The zero-order valence-corrected chi connectivity index (χ0v) is 12.4. The largest absolute Gasteiger partial charge is 0.481 e. The number of anilines is 1. The van der Waals surface area contributed by atoms with E-state index in [0.29, 0.717) is 26.2 Å². The summed E-state index contributed by atoms with van der Waals surface area (Å²) in [5.74, 6) is -0.358. The molecule has 8 nitrogen and oxygen atoms in total. The average molecular weight is 314 g/mol. The smallest absolute Gasteiger partial charge is 0.303 e. The van der Waals surface area contributed by atoms with Crippen LogP contribution in [0, 0.1) is 0 Å². The third-order valence-electron chi connectivity index (χ3n) is 3.30. The number of aromatic nitrogens is 2. The second-order valence-electron chi connectivity index (χ2n) is 4.76. The van der Waals surface area contributed by atoms with Gasteiger partial charge in [-0.1, -0.05) is 0 Å². The van der Waals surface area contributed by atoms with Gasteiger partial charge >= 0.3 is 5.97 Å². The summed E-state index contributed by atoms with van der Waals surface area (Å²) in [6, 6.07) is 0. The molecule has 1 aliphatic heterocycles. The van der Waals surface area contributed by atoms with Crippen LogP contribution in [0.15, 0.2) is 18.6 Å². The standard InChI is InChI=1S/C12H18N4O4S/c17-12(18)2-1-9-21(19,20)16-7-5-15(6-8-16)11-10-13-3-4-14-11/h3-4,10H,1-2,5-9H2,(H,17,18). The zero-order valence-electron chi connectivity index (χ0n) is 11.6. The van der Waals surface area contributed by atoms with Gasteiger partial charge < -0.3 is 10.0 Å². The Labute approximate surface area is 123 Å². The molecule has 0 amide bonds. The number of nitrogens with zero attached hydrogens (tertiary/aromatic N) is 4. The molecular formula is C12H18N4O4S. The van der Waals surface area contributed by atoms with Crippen molar-refractivity contribution in [1.29, 1.82) is 0 Å².